The van der Waals surface area contributed by atoms with Crippen LogP contribution in [0.5, 0.6) is 11.5 Å². The predicted octanol–water partition coefficient (Wildman–Crippen LogP) is 7.34. The molecule has 0 fully saturated rings. The highest BCUT2D eigenvalue weighted by molar-refractivity contribution is 6.31. The molecular formula is C27H23ClFNO4. The van der Waals surface area contributed by atoms with Gasteiger partial charge in [0.15, 0.2) is 0 Å². The van der Waals surface area contributed by atoms with Crippen LogP contribution in [0.3, 0.4) is 0 Å². The molecule has 1 aromatic heterocycles. The Morgan fingerprint density at radius 1 is 1.15 bits per heavy atom. The van der Waals surface area contributed by atoms with Crippen molar-refractivity contribution >= 4 is 39.7 Å². The molecule has 3 aromatic carbocycles. The first-order valence-electron chi connectivity index (χ1n) is 10.7. The smallest absolute Gasteiger partial charge is 0.248 e. The van der Waals surface area contributed by atoms with E-state index in [1.165, 1.54) is 24.3 Å². The molecular weight excluding hydrogens is 457 g/mol. The number of carbonyl (C=O) groups excluding carboxylic acids is 1. The lowest BCUT2D eigenvalue weighted by Crippen LogP contribution is -2.09. The van der Waals surface area contributed by atoms with Gasteiger partial charge in [-0.25, -0.2) is 4.39 Å². The lowest BCUT2D eigenvalue weighted by molar-refractivity contribution is -0.111. The second-order valence-corrected chi connectivity index (χ2v) is 8.01. The monoisotopic (exact) mass is 479 g/mol. The van der Waals surface area contributed by atoms with E-state index in [9.17, 15) is 9.18 Å². The largest absolute Gasteiger partial charge is 0.497 e. The summed E-state index contributed by atoms with van der Waals surface area (Å²) in [5.74, 6) is 0.458. The van der Waals surface area contributed by atoms with Gasteiger partial charge in [0.2, 0.25) is 5.91 Å². The van der Waals surface area contributed by atoms with E-state index in [1.807, 2.05) is 50.2 Å². The Balaban J connectivity index is 1.70. The topological polar surface area (TPSA) is 60.7 Å². The van der Waals surface area contributed by atoms with E-state index >= 15 is 0 Å². The summed E-state index contributed by atoms with van der Waals surface area (Å²) >= 11 is 5.81. The Bertz CT molecular complexity index is 1380. The summed E-state index contributed by atoms with van der Waals surface area (Å²) in [5, 5.41) is 3.53. The molecule has 0 spiro atoms. The van der Waals surface area contributed by atoms with Crippen LogP contribution in [0.15, 0.2) is 71.4 Å². The number of hydrogen-bond acceptors (Lipinski definition) is 4. The van der Waals surface area contributed by atoms with Crippen LogP contribution in [-0.2, 0) is 4.79 Å². The second kappa shape index (κ2) is 10.0. The van der Waals surface area contributed by atoms with Crippen LogP contribution in [0.2, 0.25) is 5.02 Å². The van der Waals surface area contributed by atoms with E-state index in [0.29, 0.717) is 29.2 Å². The summed E-state index contributed by atoms with van der Waals surface area (Å²) in [4.78, 5) is 12.6. The highest BCUT2D eigenvalue weighted by atomic mass is 35.5. The fourth-order valence-corrected chi connectivity index (χ4v) is 3.84. The summed E-state index contributed by atoms with van der Waals surface area (Å²) in [6.07, 6.45) is 3.17. The second-order valence-electron chi connectivity index (χ2n) is 7.60. The number of benzene rings is 3. The van der Waals surface area contributed by atoms with Gasteiger partial charge in [-0.2, -0.15) is 0 Å². The average Bonchev–Trinajstić information content (AvgIpc) is 3.24. The molecule has 1 heterocycles. The predicted molar refractivity (Wildman–Crippen MR) is 133 cm³/mol. The molecule has 0 unspecified atom stereocenters. The Hall–Kier alpha value is -3.77. The van der Waals surface area contributed by atoms with Crippen molar-refractivity contribution in [3.05, 3.63) is 83.3 Å². The number of hydrogen-bond donors (Lipinski definition) is 1. The normalized spacial score (nSPS) is 11.5. The van der Waals surface area contributed by atoms with Crippen molar-refractivity contribution in [2.75, 3.05) is 19.0 Å². The summed E-state index contributed by atoms with van der Waals surface area (Å²) < 4.78 is 30.3. The van der Waals surface area contributed by atoms with Crippen molar-refractivity contribution in [1.29, 1.82) is 0 Å². The van der Waals surface area contributed by atoms with Gasteiger partial charge in [0.25, 0.3) is 0 Å². The van der Waals surface area contributed by atoms with Gasteiger partial charge in [-0.1, -0.05) is 23.7 Å². The van der Waals surface area contributed by atoms with Crippen molar-refractivity contribution in [2.24, 2.45) is 0 Å². The standard InChI is InChI=1S/C27H23ClFNO4/c1-4-33-25-14-26-21(22(15-34-26)17-5-8-19(32-3)9-6-17)13-20(25)16(2)11-27(31)30-18-7-10-24(29)23(28)12-18/h5-15H,4H2,1-3H3,(H,30,31)/b16-11+. The number of allylic oxidation sites excluding steroid dienone is 1. The Labute approximate surface area is 201 Å². The summed E-state index contributed by atoms with van der Waals surface area (Å²) in [7, 11) is 1.62. The first kappa shape index (κ1) is 23.4. The van der Waals surface area contributed by atoms with E-state index in [0.717, 1.165) is 27.8 Å². The van der Waals surface area contributed by atoms with Crippen LogP contribution in [0.4, 0.5) is 10.1 Å². The van der Waals surface area contributed by atoms with Crippen LogP contribution < -0.4 is 14.8 Å². The van der Waals surface area contributed by atoms with Gasteiger partial charge >= 0.3 is 0 Å². The lowest BCUT2D eigenvalue weighted by atomic mass is 9.99. The third-order valence-electron chi connectivity index (χ3n) is 5.34. The third-order valence-corrected chi connectivity index (χ3v) is 5.63. The SMILES string of the molecule is CCOc1cc2occ(-c3ccc(OC)cc3)c2cc1/C(C)=C/C(=O)Nc1ccc(F)c(Cl)c1. The number of methoxy groups -OCH3 is 1. The van der Waals surface area contributed by atoms with Crippen molar-refractivity contribution in [1.82, 2.24) is 0 Å². The maximum Gasteiger partial charge on any atom is 0.248 e. The number of nitrogens with one attached hydrogen (secondary N) is 1. The quantitative estimate of drug-likeness (QED) is 0.282. The molecule has 0 aliphatic carbocycles. The average molecular weight is 480 g/mol. The Kier molecular flexibility index (Phi) is 6.89. The maximum atomic E-state index is 13.4. The van der Waals surface area contributed by atoms with Gasteiger partial charge in [-0.15, -0.1) is 0 Å². The Morgan fingerprint density at radius 3 is 2.59 bits per heavy atom. The molecule has 0 aliphatic rings. The number of anilines is 1. The van der Waals surface area contributed by atoms with E-state index in [-0.39, 0.29) is 10.9 Å². The van der Waals surface area contributed by atoms with Crippen molar-refractivity contribution in [3.63, 3.8) is 0 Å². The molecule has 1 N–H and O–H groups in total. The summed E-state index contributed by atoms with van der Waals surface area (Å²) in [6, 6.07) is 15.5. The van der Waals surface area contributed by atoms with Gasteiger partial charge < -0.3 is 19.2 Å². The van der Waals surface area contributed by atoms with E-state index < -0.39 is 5.82 Å². The first-order valence-corrected chi connectivity index (χ1v) is 11.0. The van der Waals surface area contributed by atoms with Crippen molar-refractivity contribution < 1.29 is 23.1 Å². The lowest BCUT2D eigenvalue weighted by Gasteiger charge is -2.12. The number of furan rings is 1. The molecule has 5 nitrogen and oxygen atoms in total. The van der Waals surface area contributed by atoms with Gasteiger partial charge in [0, 0.05) is 34.3 Å². The minimum absolute atomic E-state index is 0.0615. The number of amides is 1. The van der Waals surface area contributed by atoms with Crippen LogP contribution >= 0.6 is 11.6 Å². The van der Waals surface area contributed by atoms with Crippen molar-refractivity contribution in [2.45, 2.75) is 13.8 Å². The van der Waals surface area contributed by atoms with Gasteiger partial charge in [0.1, 0.15) is 22.9 Å². The highest BCUT2D eigenvalue weighted by Crippen LogP contribution is 2.38. The molecule has 0 aliphatic heterocycles. The fraction of sp³-hybridized carbons (Fsp3) is 0.148. The Morgan fingerprint density at radius 2 is 1.91 bits per heavy atom. The number of rotatable bonds is 7. The van der Waals surface area contributed by atoms with Crippen LogP contribution in [0.1, 0.15) is 19.4 Å². The molecule has 4 aromatic rings. The zero-order valence-electron chi connectivity index (χ0n) is 18.9. The number of halogens is 2. The van der Waals surface area contributed by atoms with E-state index in [1.54, 1.807) is 13.4 Å². The van der Waals surface area contributed by atoms with E-state index in [4.69, 9.17) is 25.5 Å². The zero-order chi connectivity index (χ0) is 24.2. The molecule has 34 heavy (non-hydrogen) atoms. The number of ether oxygens (including phenoxy) is 2. The third kappa shape index (κ3) is 4.92. The number of fused-ring (bicyclic) bond motifs is 1. The van der Waals surface area contributed by atoms with Gasteiger partial charge in [-0.3, -0.25) is 4.79 Å². The fourth-order valence-electron chi connectivity index (χ4n) is 3.66. The highest BCUT2D eigenvalue weighted by Gasteiger charge is 2.15. The minimum atomic E-state index is -0.547. The minimum Gasteiger partial charge on any atom is -0.497 e. The van der Waals surface area contributed by atoms with Crippen LogP contribution in [0, 0.1) is 5.82 Å². The zero-order valence-corrected chi connectivity index (χ0v) is 19.7. The maximum absolute atomic E-state index is 13.4. The molecule has 1 amide bonds. The molecule has 0 saturated carbocycles. The molecule has 0 bridgehead atoms. The first-order chi connectivity index (χ1) is 16.4. The molecule has 0 radical (unpaired) electrons. The van der Waals surface area contributed by atoms with Crippen LogP contribution in [-0.4, -0.2) is 19.6 Å². The number of carbonyl (C=O) groups is 1. The summed E-state index contributed by atoms with van der Waals surface area (Å²) in [5.41, 5.74) is 4.42. The molecule has 0 saturated heterocycles. The van der Waals surface area contributed by atoms with Crippen molar-refractivity contribution in [3.8, 4) is 22.6 Å². The van der Waals surface area contributed by atoms with Crippen LogP contribution in [0.25, 0.3) is 27.7 Å². The molecule has 4 rings (SSSR count). The van der Waals surface area contributed by atoms with Gasteiger partial charge in [-0.05, 0) is 61.4 Å². The molecule has 174 valence electrons. The molecule has 7 heteroatoms. The summed E-state index contributed by atoms with van der Waals surface area (Å²) in [6.45, 7) is 4.18. The van der Waals surface area contributed by atoms with E-state index in [2.05, 4.69) is 5.32 Å². The molecule has 0 atom stereocenters. The van der Waals surface area contributed by atoms with Gasteiger partial charge in [0.05, 0.1) is 25.0 Å².